The lowest BCUT2D eigenvalue weighted by atomic mass is 10.1. The Bertz CT molecular complexity index is 556. The largest absolute Gasteiger partial charge is 0.457 e. The summed E-state index contributed by atoms with van der Waals surface area (Å²) >= 11 is 0. The van der Waals surface area contributed by atoms with Gasteiger partial charge in [-0.3, -0.25) is 4.79 Å². The summed E-state index contributed by atoms with van der Waals surface area (Å²) in [5.74, 6) is 1.82. The van der Waals surface area contributed by atoms with Gasteiger partial charge in [-0.25, -0.2) is 0 Å². The fourth-order valence-electron chi connectivity index (χ4n) is 1.88. The molecule has 2 heteroatoms. The third-order valence-corrected chi connectivity index (χ3v) is 2.93. The average Bonchev–Trinajstić information content (AvgIpc) is 2.48. The molecule has 0 bridgehead atoms. The van der Waals surface area contributed by atoms with E-state index in [2.05, 4.69) is 6.58 Å². The van der Waals surface area contributed by atoms with Gasteiger partial charge in [-0.05, 0) is 36.2 Å². The van der Waals surface area contributed by atoms with Crippen LogP contribution in [-0.2, 0) is 11.2 Å². The first-order valence-electron chi connectivity index (χ1n) is 6.72. The number of hydrogen-bond donors (Lipinski definition) is 0. The van der Waals surface area contributed by atoms with Crippen LogP contribution in [0.2, 0.25) is 0 Å². The Morgan fingerprint density at radius 3 is 2.30 bits per heavy atom. The van der Waals surface area contributed by atoms with Crippen LogP contribution in [0.25, 0.3) is 0 Å². The zero-order chi connectivity index (χ0) is 14.2. The van der Waals surface area contributed by atoms with Crippen LogP contribution in [0.1, 0.15) is 18.4 Å². The van der Waals surface area contributed by atoms with Crippen LogP contribution in [0.5, 0.6) is 11.5 Å². The maximum Gasteiger partial charge on any atom is 0.137 e. The van der Waals surface area contributed by atoms with Crippen molar-refractivity contribution in [3.8, 4) is 11.5 Å². The van der Waals surface area contributed by atoms with E-state index in [0.717, 1.165) is 23.5 Å². The molecule has 0 radical (unpaired) electrons. The van der Waals surface area contributed by atoms with Gasteiger partial charge in [0, 0.05) is 12.8 Å². The van der Waals surface area contributed by atoms with E-state index < -0.39 is 0 Å². The summed E-state index contributed by atoms with van der Waals surface area (Å²) in [5.41, 5.74) is 1.01. The number of rotatable bonds is 7. The second-order valence-corrected chi connectivity index (χ2v) is 4.60. The van der Waals surface area contributed by atoms with E-state index in [1.807, 2.05) is 54.6 Å². The van der Waals surface area contributed by atoms with Gasteiger partial charge in [0.15, 0.2) is 0 Å². The predicted octanol–water partition coefficient (Wildman–Crippen LogP) is 4.56. The first-order chi connectivity index (χ1) is 9.78. The average molecular weight is 266 g/mol. The molecule has 2 nitrogen and oxygen atoms in total. The van der Waals surface area contributed by atoms with E-state index in [4.69, 9.17) is 4.74 Å². The van der Waals surface area contributed by atoms with Gasteiger partial charge in [-0.1, -0.05) is 36.4 Å². The van der Waals surface area contributed by atoms with Gasteiger partial charge >= 0.3 is 0 Å². The van der Waals surface area contributed by atoms with E-state index in [-0.39, 0.29) is 5.78 Å². The molecule has 2 aromatic rings. The number of carbonyl (C=O) groups is 1. The van der Waals surface area contributed by atoms with Crippen molar-refractivity contribution in [1.82, 2.24) is 0 Å². The van der Waals surface area contributed by atoms with Gasteiger partial charge in [-0.2, -0.15) is 0 Å². The van der Waals surface area contributed by atoms with Crippen molar-refractivity contribution in [3.05, 3.63) is 72.8 Å². The maximum atomic E-state index is 11.7. The van der Waals surface area contributed by atoms with Crippen LogP contribution in [-0.4, -0.2) is 5.78 Å². The molecule has 2 aromatic carbocycles. The number of ether oxygens (including phenoxy) is 1. The molecule has 0 aliphatic heterocycles. The first-order valence-corrected chi connectivity index (χ1v) is 6.72. The molecule has 0 atom stereocenters. The molecule has 0 aliphatic carbocycles. The Morgan fingerprint density at radius 1 is 1.00 bits per heavy atom. The SMILES string of the molecule is C=CCCC(=O)Cc1ccc(Oc2ccccc2)cc1. The Hall–Kier alpha value is -2.35. The molecule has 0 amide bonds. The highest BCUT2D eigenvalue weighted by Crippen LogP contribution is 2.21. The summed E-state index contributed by atoms with van der Waals surface area (Å²) < 4.78 is 5.71. The van der Waals surface area contributed by atoms with Gasteiger partial charge < -0.3 is 4.74 Å². The maximum absolute atomic E-state index is 11.7. The third kappa shape index (κ3) is 4.39. The van der Waals surface area contributed by atoms with Gasteiger partial charge in [0.1, 0.15) is 17.3 Å². The lowest BCUT2D eigenvalue weighted by molar-refractivity contribution is -0.118. The van der Waals surface area contributed by atoms with E-state index in [1.54, 1.807) is 6.08 Å². The summed E-state index contributed by atoms with van der Waals surface area (Å²) in [7, 11) is 0. The quantitative estimate of drug-likeness (QED) is 0.687. The van der Waals surface area contributed by atoms with Crippen molar-refractivity contribution in [2.45, 2.75) is 19.3 Å². The lowest BCUT2D eigenvalue weighted by Gasteiger charge is -2.06. The Labute approximate surface area is 119 Å². The van der Waals surface area contributed by atoms with Crippen molar-refractivity contribution < 1.29 is 9.53 Å². The first kappa shape index (κ1) is 14.1. The molecule has 2 rings (SSSR count). The zero-order valence-electron chi connectivity index (χ0n) is 11.4. The van der Waals surface area contributed by atoms with Gasteiger partial charge in [0.2, 0.25) is 0 Å². The topological polar surface area (TPSA) is 26.3 Å². The monoisotopic (exact) mass is 266 g/mol. The number of hydrogen-bond acceptors (Lipinski definition) is 2. The molecule has 0 aromatic heterocycles. The molecular weight excluding hydrogens is 248 g/mol. The molecule has 0 spiro atoms. The number of allylic oxidation sites excluding steroid dienone is 1. The highest BCUT2D eigenvalue weighted by molar-refractivity contribution is 5.80. The molecule has 0 saturated heterocycles. The van der Waals surface area contributed by atoms with Crippen molar-refractivity contribution >= 4 is 5.78 Å². The highest BCUT2D eigenvalue weighted by atomic mass is 16.5. The van der Waals surface area contributed by atoms with Crippen molar-refractivity contribution in [2.24, 2.45) is 0 Å². The fraction of sp³-hybridized carbons (Fsp3) is 0.167. The summed E-state index contributed by atoms with van der Waals surface area (Å²) in [6.07, 6.45) is 3.55. The molecule has 0 unspecified atom stereocenters. The summed E-state index contributed by atoms with van der Waals surface area (Å²) in [6.45, 7) is 3.62. The summed E-state index contributed by atoms with van der Waals surface area (Å²) in [5, 5.41) is 0. The smallest absolute Gasteiger partial charge is 0.137 e. The molecule has 0 N–H and O–H groups in total. The minimum atomic E-state index is 0.238. The zero-order valence-corrected chi connectivity index (χ0v) is 11.4. The normalized spacial score (nSPS) is 10.0. The van der Waals surface area contributed by atoms with Crippen LogP contribution >= 0.6 is 0 Å². The standard InChI is InChI=1S/C18H18O2/c1-2-3-7-16(19)14-15-10-12-18(13-11-15)20-17-8-5-4-6-9-17/h2,4-6,8-13H,1,3,7,14H2. The van der Waals surface area contributed by atoms with Crippen LogP contribution in [0.4, 0.5) is 0 Å². The molecule has 0 fully saturated rings. The molecule has 102 valence electrons. The van der Waals surface area contributed by atoms with Crippen LogP contribution in [0.15, 0.2) is 67.3 Å². The second-order valence-electron chi connectivity index (χ2n) is 4.60. The molecular formula is C18H18O2. The summed E-state index contributed by atoms with van der Waals surface area (Å²) in [4.78, 5) is 11.7. The minimum absolute atomic E-state index is 0.238. The Balaban J connectivity index is 1.93. The second kappa shape index (κ2) is 7.29. The number of carbonyl (C=O) groups excluding carboxylic acids is 1. The minimum Gasteiger partial charge on any atom is -0.457 e. The van der Waals surface area contributed by atoms with E-state index in [1.165, 1.54) is 0 Å². The summed E-state index contributed by atoms with van der Waals surface area (Å²) in [6, 6.07) is 17.3. The van der Waals surface area contributed by atoms with E-state index >= 15 is 0 Å². The third-order valence-electron chi connectivity index (χ3n) is 2.93. The Morgan fingerprint density at radius 2 is 1.65 bits per heavy atom. The number of Topliss-reactive ketones (excluding diaryl/α,β-unsaturated/α-hetero) is 1. The number of benzene rings is 2. The van der Waals surface area contributed by atoms with Gasteiger partial charge in [0.25, 0.3) is 0 Å². The van der Waals surface area contributed by atoms with Crippen molar-refractivity contribution in [1.29, 1.82) is 0 Å². The van der Waals surface area contributed by atoms with Crippen molar-refractivity contribution in [3.63, 3.8) is 0 Å². The molecule has 20 heavy (non-hydrogen) atoms. The highest BCUT2D eigenvalue weighted by Gasteiger charge is 2.03. The molecule has 0 heterocycles. The van der Waals surface area contributed by atoms with Gasteiger partial charge in [-0.15, -0.1) is 6.58 Å². The Kier molecular flexibility index (Phi) is 5.13. The predicted molar refractivity (Wildman–Crippen MR) is 81.1 cm³/mol. The van der Waals surface area contributed by atoms with Gasteiger partial charge in [0.05, 0.1) is 0 Å². The molecule has 0 saturated carbocycles. The lowest BCUT2D eigenvalue weighted by Crippen LogP contribution is -2.01. The van der Waals surface area contributed by atoms with Crippen LogP contribution < -0.4 is 4.74 Å². The fourth-order valence-corrected chi connectivity index (χ4v) is 1.88. The number of ketones is 1. The van der Waals surface area contributed by atoms with E-state index in [9.17, 15) is 4.79 Å². The van der Waals surface area contributed by atoms with Crippen LogP contribution in [0.3, 0.4) is 0 Å². The van der Waals surface area contributed by atoms with Crippen molar-refractivity contribution in [2.75, 3.05) is 0 Å². The van der Waals surface area contributed by atoms with E-state index in [0.29, 0.717) is 12.8 Å². The van der Waals surface area contributed by atoms with Crippen LogP contribution in [0, 0.1) is 0 Å². The number of para-hydroxylation sites is 1. The molecule has 0 aliphatic rings.